The van der Waals surface area contributed by atoms with Crippen molar-refractivity contribution in [2.45, 2.75) is 39.7 Å². The van der Waals surface area contributed by atoms with Crippen LogP contribution in [-0.2, 0) is 4.74 Å². The average molecular weight is 407 g/mol. The smallest absolute Gasteiger partial charge is 0.407 e. The Bertz CT molecular complexity index is 795. The lowest BCUT2D eigenvalue weighted by Crippen LogP contribution is -2.33. The Morgan fingerprint density at radius 1 is 1.29 bits per heavy atom. The van der Waals surface area contributed by atoms with Crippen molar-refractivity contribution in [1.82, 2.24) is 14.7 Å². The second-order valence-electron chi connectivity index (χ2n) is 6.98. The van der Waals surface area contributed by atoms with Crippen molar-refractivity contribution in [3.63, 3.8) is 0 Å². The minimum atomic E-state index is -0.522. The molecule has 0 radical (unpaired) electrons. The van der Waals surface area contributed by atoms with E-state index in [1.807, 2.05) is 0 Å². The zero-order valence-electron chi connectivity index (χ0n) is 16.4. The molecule has 0 spiro atoms. The number of aryl methyl sites for hydroxylation is 1. The fourth-order valence-electron chi connectivity index (χ4n) is 2.15. The molecule has 0 fully saturated rings. The number of nitrogens with one attached hydrogen (secondary N) is 2. The Hall–Kier alpha value is -2.88. The van der Waals surface area contributed by atoms with Gasteiger partial charge in [-0.3, -0.25) is 4.79 Å². The normalized spacial score (nSPS) is 11.0. The Morgan fingerprint density at radius 3 is 2.61 bits per heavy atom. The summed E-state index contributed by atoms with van der Waals surface area (Å²) >= 11 is 1.09. The SMILES string of the molecule is Cc1nsc(N)c1C(=O)Nc1ccc(OCCCNC(=O)OC(C)(C)C)nc1. The molecule has 2 amide bonds. The highest BCUT2D eigenvalue weighted by Crippen LogP contribution is 2.22. The maximum absolute atomic E-state index is 12.3. The lowest BCUT2D eigenvalue weighted by Gasteiger charge is -2.19. The number of alkyl carbamates (subject to hydrolysis) is 1. The standard InChI is InChI=1S/C18H25N5O4S/c1-11-14(15(19)28-23-11)16(24)22-12-6-7-13(21-10-12)26-9-5-8-20-17(25)27-18(2,3)4/h6-7,10H,5,8-9,19H2,1-4H3,(H,20,25)(H,22,24). The molecule has 0 atom stereocenters. The number of nitrogens with zero attached hydrogens (tertiary/aromatic N) is 2. The van der Waals surface area contributed by atoms with E-state index in [2.05, 4.69) is 20.0 Å². The summed E-state index contributed by atoms with van der Waals surface area (Å²) in [5, 5.41) is 5.76. The van der Waals surface area contributed by atoms with Gasteiger partial charge in [0, 0.05) is 12.6 Å². The molecule has 0 saturated heterocycles. The minimum absolute atomic E-state index is 0.326. The van der Waals surface area contributed by atoms with Gasteiger partial charge in [-0.05, 0) is 51.7 Å². The van der Waals surface area contributed by atoms with Gasteiger partial charge in [0.15, 0.2) is 0 Å². The van der Waals surface area contributed by atoms with Crippen LogP contribution in [-0.4, -0.2) is 40.1 Å². The second kappa shape index (κ2) is 9.36. The van der Waals surface area contributed by atoms with Gasteiger partial charge in [0.05, 0.1) is 29.7 Å². The van der Waals surface area contributed by atoms with Crippen LogP contribution in [0.5, 0.6) is 5.88 Å². The molecule has 10 heteroatoms. The topological polar surface area (TPSA) is 128 Å². The quantitative estimate of drug-likeness (QED) is 0.602. The lowest BCUT2D eigenvalue weighted by molar-refractivity contribution is 0.0525. The number of ether oxygens (including phenoxy) is 2. The molecule has 0 aliphatic carbocycles. The van der Waals surface area contributed by atoms with E-state index in [9.17, 15) is 9.59 Å². The maximum atomic E-state index is 12.3. The number of carbonyl (C=O) groups is 2. The van der Waals surface area contributed by atoms with Gasteiger partial charge in [-0.15, -0.1) is 0 Å². The molecule has 2 aromatic heterocycles. The Morgan fingerprint density at radius 2 is 2.04 bits per heavy atom. The van der Waals surface area contributed by atoms with E-state index in [4.69, 9.17) is 15.2 Å². The minimum Gasteiger partial charge on any atom is -0.478 e. The van der Waals surface area contributed by atoms with Gasteiger partial charge in [0.25, 0.3) is 5.91 Å². The molecular weight excluding hydrogens is 382 g/mol. The monoisotopic (exact) mass is 407 g/mol. The van der Waals surface area contributed by atoms with Crippen LogP contribution < -0.4 is 21.1 Å². The highest BCUT2D eigenvalue weighted by Gasteiger charge is 2.17. The summed E-state index contributed by atoms with van der Waals surface area (Å²) in [5.41, 5.74) is 6.74. The predicted octanol–water partition coefficient (Wildman–Crippen LogP) is 2.97. The molecule has 2 aromatic rings. The van der Waals surface area contributed by atoms with Crippen molar-refractivity contribution >= 4 is 34.2 Å². The van der Waals surface area contributed by atoms with Crippen LogP contribution in [0.2, 0.25) is 0 Å². The largest absolute Gasteiger partial charge is 0.478 e. The Kier molecular flexibility index (Phi) is 7.16. The van der Waals surface area contributed by atoms with Crippen LogP contribution in [0.15, 0.2) is 18.3 Å². The summed E-state index contributed by atoms with van der Waals surface area (Å²) in [5.74, 6) is 0.0931. The van der Waals surface area contributed by atoms with E-state index in [0.717, 1.165) is 11.5 Å². The lowest BCUT2D eigenvalue weighted by atomic mass is 10.2. The van der Waals surface area contributed by atoms with Crippen LogP contribution >= 0.6 is 11.5 Å². The third-order valence-corrected chi connectivity index (χ3v) is 4.12. The molecule has 9 nitrogen and oxygen atoms in total. The molecule has 0 aliphatic heterocycles. The zero-order valence-corrected chi connectivity index (χ0v) is 17.2. The van der Waals surface area contributed by atoms with Crippen LogP contribution in [0.1, 0.15) is 43.2 Å². The number of nitrogens with two attached hydrogens (primary N) is 1. The number of hydrogen-bond acceptors (Lipinski definition) is 8. The number of hydrogen-bond donors (Lipinski definition) is 3. The molecule has 0 aromatic carbocycles. The number of amides is 2. The molecule has 0 unspecified atom stereocenters. The molecule has 0 bridgehead atoms. The molecule has 4 N–H and O–H groups in total. The molecule has 152 valence electrons. The van der Waals surface area contributed by atoms with E-state index < -0.39 is 11.7 Å². The van der Waals surface area contributed by atoms with Gasteiger partial charge in [-0.25, -0.2) is 9.78 Å². The van der Waals surface area contributed by atoms with E-state index in [-0.39, 0.29) is 5.91 Å². The van der Waals surface area contributed by atoms with Crippen LogP contribution in [0.25, 0.3) is 0 Å². The first-order valence-corrected chi connectivity index (χ1v) is 9.52. The summed E-state index contributed by atoms with van der Waals surface area (Å²) in [7, 11) is 0. The van der Waals surface area contributed by atoms with Crippen molar-refractivity contribution in [2.75, 3.05) is 24.2 Å². The van der Waals surface area contributed by atoms with E-state index in [1.165, 1.54) is 6.20 Å². The van der Waals surface area contributed by atoms with E-state index >= 15 is 0 Å². The number of carbonyl (C=O) groups excluding carboxylic acids is 2. The summed E-state index contributed by atoms with van der Waals surface area (Å²) < 4.78 is 14.7. The first-order chi connectivity index (χ1) is 13.2. The first kappa shape index (κ1) is 21.4. The molecule has 0 saturated carbocycles. The predicted molar refractivity (Wildman–Crippen MR) is 108 cm³/mol. The van der Waals surface area contributed by atoms with Gasteiger partial charge in [0.1, 0.15) is 10.6 Å². The van der Waals surface area contributed by atoms with Crippen LogP contribution in [0.3, 0.4) is 0 Å². The zero-order chi connectivity index (χ0) is 20.7. The molecule has 2 rings (SSSR count). The van der Waals surface area contributed by atoms with Crippen LogP contribution in [0, 0.1) is 6.92 Å². The highest BCUT2D eigenvalue weighted by atomic mass is 32.1. The highest BCUT2D eigenvalue weighted by molar-refractivity contribution is 7.10. The van der Waals surface area contributed by atoms with E-state index in [1.54, 1.807) is 39.8 Å². The van der Waals surface area contributed by atoms with Crippen molar-refractivity contribution < 1.29 is 19.1 Å². The number of nitrogen functional groups attached to an aromatic ring is 1. The van der Waals surface area contributed by atoms with Crippen molar-refractivity contribution in [2.24, 2.45) is 0 Å². The fourth-order valence-corrected chi connectivity index (χ4v) is 2.81. The molecule has 0 aliphatic rings. The van der Waals surface area contributed by atoms with Gasteiger partial charge >= 0.3 is 6.09 Å². The van der Waals surface area contributed by atoms with Crippen molar-refractivity contribution in [1.29, 1.82) is 0 Å². The molecule has 2 heterocycles. The third-order valence-electron chi connectivity index (χ3n) is 3.35. The molecular formula is C18H25N5O4S. The Balaban J connectivity index is 1.73. The van der Waals surface area contributed by atoms with Crippen molar-refractivity contribution in [3.05, 3.63) is 29.6 Å². The third kappa shape index (κ3) is 6.69. The average Bonchev–Trinajstić information content (AvgIpc) is 2.93. The number of pyridine rings is 1. The van der Waals surface area contributed by atoms with Gasteiger partial charge in [-0.1, -0.05) is 0 Å². The maximum Gasteiger partial charge on any atom is 0.407 e. The van der Waals surface area contributed by atoms with Gasteiger partial charge in [-0.2, -0.15) is 4.37 Å². The second-order valence-corrected chi connectivity index (χ2v) is 7.78. The summed E-state index contributed by atoms with van der Waals surface area (Å²) in [6.45, 7) is 7.96. The summed E-state index contributed by atoms with van der Waals surface area (Å²) in [6, 6.07) is 3.34. The molecule has 28 heavy (non-hydrogen) atoms. The first-order valence-electron chi connectivity index (χ1n) is 8.74. The number of aromatic nitrogens is 2. The van der Waals surface area contributed by atoms with Gasteiger partial charge in [0.2, 0.25) is 5.88 Å². The number of rotatable bonds is 7. The fraction of sp³-hybridized carbons (Fsp3) is 0.444. The van der Waals surface area contributed by atoms with Gasteiger partial charge < -0.3 is 25.8 Å². The summed E-state index contributed by atoms with van der Waals surface area (Å²) in [4.78, 5) is 27.9. The van der Waals surface area contributed by atoms with Crippen LogP contribution in [0.4, 0.5) is 15.5 Å². The van der Waals surface area contributed by atoms with E-state index in [0.29, 0.717) is 47.4 Å². The Labute approximate surface area is 167 Å². The summed E-state index contributed by atoms with van der Waals surface area (Å²) in [6.07, 6.45) is 1.64. The number of anilines is 2. The van der Waals surface area contributed by atoms with Crippen molar-refractivity contribution in [3.8, 4) is 5.88 Å².